The fourth-order valence-electron chi connectivity index (χ4n) is 4.87. The molecule has 1 heterocycles. The molecule has 1 fully saturated rings. The van der Waals surface area contributed by atoms with Crippen molar-refractivity contribution in [1.82, 2.24) is 4.90 Å². The Kier molecular flexibility index (Phi) is 8.07. The molecule has 33 heavy (non-hydrogen) atoms. The predicted octanol–water partition coefficient (Wildman–Crippen LogP) is 4.88. The average Bonchev–Trinajstić information content (AvgIpc) is 2.85. The zero-order chi connectivity index (χ0) is 23.2. The number of esters is 1. The smallest absolute Gasteiger partial charge is 0.338 e. The number of carbonyl (C=O) groups is 1. The van der Waals surface area contributed by atoms with Gasteiger partial charge in [0.25, 0.3) is 0 Å². The standard InChI is InChI=1S/C27H33ClN2O3/c1-2-33-27(32)22-6-10-25(11-7-22)30-15-13-29(14-16-30)18-23-17-20(19-31)3-12-26(23)21-4-8-24(28)9-5-21/h4-11,20,31H,2-3,12-19H2,1H3. The van der Waals surface area contributed by atoms with Crippen LogP contribution < -0.4 is 4.90 Å². The largest absolute Gasteiger partial charge is 0.462 e. The SMILES string of the molecule is CCOC(=O)c1ccc(N2CCN(CC3=C(c4ccc(Cl)cc4)CCC(CO)C3)CC2)cc1. The number of hydrogen-bond donors (Lipinski definition) is 1. The molecule has 1 aliphatic carbocycles. The summed E-state index contributed by atoms with van der Waals surface area (Å²) in [5.74, 6) is 0.0857. The van der Waals surface area contributed by atoms with Gasteiger partial charge in [-0.15, -0.1) is 0 Å². The molecule has 1 N–H and O–H groups in total. The number of piperazine rings is 1. The predicted molar refractivity (Wildman–Crippen MR) is 134 cm³/mol. The Labute approximate surface area is 201 Å². The normalized spacial score (nSPS) is 19.6. The fourth-order valence-corrected chi connectivity index (χ4v) is 5.00. The van der Waals surface area contributed by atoms with E-state index in [0.29, 0.717) is 18.1 Å². The maximum absolute atomic E-state index is 11.9. The number of nitrogens with zero attached hydrogens (tertiary/aromatic N) is 2. The van der Waals surface area contributed by atoms with Crippen molar-refractivity contribution in [3.63, 3.8) is 0 Å². The lowest BCUT2D eigenvalue weighted by molar-refractivity contribution is 0.0526. The van der Waals surface area contributed by atoms with E-state index in [9.17, 15) is 9.90 Å². The average molecular weight is 469 g/mol. The van der Waals surface area contributed by atoms with E-state index >= 15 is 0 Å². The van der Waals surface area contributed by atoms with Crippen LogP contribution in [-0.2, 0) is 4.74 Å². The molecule has 1 unspecified atom stereocenters. The van der Waals surface area contributed by atoms with Crippen molar-refractivity contribution in [3.05, 3.63) is 70.3 Å². The Morgan fingerprint density at radius 2 is 1.76 bits per heavy atom. The molecule has 0 spiro atoms. The molecule has 1 atom stereocenters. The molecule has 6 heteroatoms. The van der Waals surface area contributed by atoms with Crippen molar-refractivity contribution in [3.8, 4) is 0 Å². The van der Waals surface area contributed by atoms with E-state index in [0.717, 1.165) is 62.7 Å². The van der Waals surface area contributed by atoms with Crippen LogP contribution in [0.15, 0.2) is 54.1 Å². The van der Waals surface area contributed by atoms with Crippen molar-refractivity contribution in [2.75, 3.05) is 50.8 Å². The summed E-state index contributed by atoms with van der Waals surface area (Å²) >= 11 is 6.11. The molecule has 0 amide bonds. The molecule has 5 nitrogen and oxygen atoms in total. The molecular formula is C27H33ClN2O3. The van der Waals surface area contributed by atoms with Gasteiger partial charge in [0.2, 0.25) is 0 Å². The Hall–Kier alpha value is -2.34. The number of aliphatic hydroxyl groups excluding tert-OH is 1. The Bertz CT molecular complexity index is 964. The summed E-state index contributed by atoms with van der Waals surface area (Å²) in [6.45, 7) is 7.28. The van der Waals surface area contributed by atoms with Crippen LogP contribution in [0.3, 0.4) is 0 Å². The number of anilines is 1. The van der Waals surface area contributed by atoms with Gasteiger partial charge in [0.15, 0.2) is 0 Å². The first kappa shape index (κ1) is 23.8. The molecular weight excluding hydrogens is 436 g/mol. The van der Waals surface area contributed by atoms with Gasteiger partial charge >= 0.3 is 5.97 Å². The minimum Gasteiger partial charge on any atom is -0.462 e. The van der Waals surface area contributed by atoms with E-state index in [1.54, 1.807) is 0 Å². The maximum Gasteiger partial charge on any atom is 0.338 e. The Morgan fingerprint density at radius 1 is 1.06 bits per heavy atom. The van der Waals surface area contributed by atoms with Gasteiger partial charge in [-0.05, 0) is 79.6 Å². The molecule has 1 aliphatic heterocycles. The van der Waals surface area contributed by atoms with Crippen molar-refractivity contribution in [1.29, 1.82) is 0 Å². The number of carbonyl (C=O) groups excluding carboxylic acids is 1. The second-order valence-corrected chi connectivity index (χ2v) is 9.35. The van der Waals surface area contributed by atoms with Gasteiger partial charge in [0.05, 0.1) is 12.2 Å². The van der Waals surface area contributed by atoms with Gasteiger partial charge in [-0.1, -0.05) is 29.3 Å². The van der Waals surface area contributed by atoms with Crippen molar-refractivity contribution in [2.45, 2.75) is 26.2 Å². The van der Waals surface area contributed by atoms with E-state index in [1.807, 2.05) is 43.3 Å². The third-order valence-corrected chi connectivity index (χ3v) is 7.00. The van der Waals surface area contributed by atoms with Crippen LogP contribution in [0.25, 0.3) is 5.57 Å². The van der Waals surface area contributed by atoms with Gasteiger partial charge in [-0.25, -0.2) is 4.79 Å². The lowest BCUT2D eigenvalue weighted by Crippen LogP contribution is -2.47. The number of halogens is 1. The lowest BCUT2D eigenvalue weighted by atomic mass is 9.81. The molecule has 4 rings (SSSR count). The van der Waals surface area contributed by atoms with Gasteiger partial charge in [0, 0.05) is 50.0 Å². The summed E-state index contributed by atoms with van der Waals surface area (Å²) in [6.07, 6.45) is 3.01. The monoisotopic (exact) mass is 468 g/mol. The molecule has 1 saturated heterocycles. The summed E-state index contributed by atoms with van der Waals surface area (Å²) in [6, 6.07) is 15.9. The van der Waals surface area contributed by atoms with E-state index in [2.05, 4.69) is 21.9 Å². The highest BCUT2D eigenvalue weighted by Gasteiger charge is 2.25. The number of allylic oxidation sites excluding steroid dienone is 1. The quantitative estimate of drug-likeness (QED) is 0.586. The first-order valence-corrected chi connectivity index (χ1v) is 12.3. The lowest BCUT2D eigenvalue weighted by Gasteiger charge is -2.38. The van der Waals surface area contributed by atoms with Crippen molar-refractivity contribution in [2.24, 2.45) is 5.92 Å². The van der Waals surface area contributed by atoms with E-state index < -0.39 is 0 Å². The Morgan fingerprint density at radius 3 is 2.39 bits per heavy atom. The number of hydrogen-bond acceptors (Lipinski definition) is 5. The first-order chi connectivity index (χ1) is 16.1. The highest BCUT2D eigenvalue weighted by Crippen LogP contribution is 2.36. The number of benzene rings is 2. The van der Waals surface area contributed by atoms with Crippen LogP contribution in [0.2, 0.25) is 5.02 Å². The van der Waals surface area contributed by atoms with E-state index in [4.69, 9.17) is 16.3 Å². The zero-order valence-electron chi connectivity index (χ0n) is 19.3. The number of rotatable bonds is 7. The number of ether oxygens (including phenoxy) is 1. The summed E-state index contributed by atoms with van der Waals surface area (Å²) < 4.78 is 5.08. The zero-order valence-corrected chi connectivity index (χ0v) is 20.1. The topological polar surface area (TPSA) is 53.0 Å². The van der Waals surface area contributed by atoms with Gasteiger partial charge < -0.3 is 14.7 Å². The summed E-state index contributed by atoms with van der Waals surface area (Å²) in [7, 11) is 0. The molecule has 0 saturated carbocycles. The van der Waals surface area contributed by atoms with Gasteiger partial charge in [-0.3, -0.25) is 4.90 Å². The van der Waals surface area contributed by atoms with Crippen LogP contribution in [0, 0.1) is 5.92 Å². The van der Waals surface area contributed by atoms with Crippen LogP contribution in [0.4, 0.5) is 5.69 Å². The number of aliphatic hydroxyl groups is 1. The molecule has 0 bridgehead atoms. The highest BCUT2D eigenvalue weighted by atomic mass is 35.5. The summed E-state index contributed by atoms with van der Waals surface area (Å²) in [4.78, 5) is 16.8. The molecule has 2 aromatic rings. The maximum atomic E-state index is 11.9. The fraction of sp³-hybridized carbons (Fsp3) is 0.444. The second kappa shape index (κ2) is 11.2. The van der Waals surface area contributed by atoms with Crippen LogP contribution in [0.5, 0.6) is 0 Å². The molecule has 176 valence electrons. The minimum absolute atomic E-state index is 0.257. The second-order valence-electron chi connectivity index (χ2n) is 8.91. The molecule has 2 aliphatic rings. The van der Waals surface area contributed by atoms with Gasteiger partial charge in [-0.2, -0.15) is 0 Å². The highest BCUT2D eigenvalue weighted by molar-refractivity contribution is 6.30. The molecule has 2 aromatic carbocycles. The van der Waals surface area contributed by atoms with E-state index in [1.165, 1.54) is 16.7 Å². The Balaban J connectivity index is 1.40. The molecule has 0 radical (unpaired) electrons. The van der Waals surface area contributed by atoms with Crippen molar-refractivity contribution >= 4 is 28.8 Å². The third-order valence-electron chi connectivity index (χ3n) is 6.75. The van der Waals surface area contributed by atoms with Crippen LogP contribution in [0.1, 0.15) is 42.1 Å². The summed E-state index contributed by atoms with van der Waals surface area (Å²) in [5.41, 5.74) is 5.87. The third kappa shape index (κ3) is 5.97. The van der Waals surface area contributed by atoms with Crippen molar-refractivity contribution < 1.29 is 14.6 Å². The first-order valence-electron chi connectivity index (χ1n) is 11.9. The van der Waals surface area contributed by atoms with E-state index in [-0.39, 0.29) is 12.6 Å². The minimum atomic E-state index is -0.271. The van der Waals surface area contributed by atoms with Gasteiger partial charge in [0.1, 0.15) is 0 Å². The van der Waals surface area contributed by atoms with Crippen LogP contribution >= 0.6 is 11.6 Å². The summed E-state index contributed by atoms with van der Waals surface area (Å²) in [5, 5.41) is 10.5. The van der Waals surface area contributed by atoms with Crippen LogP contribution in [-0.4, -0.2) is 61.9 Å². The molecule has 0 aromatic heterocycles.